The molecule has 1 heterocycles. The van der Waals surface area contributed by atoms with Gasteiger partial charge in [0.2, 0.25) is 5.91 Å². The second-order valence-electron chi connectivity index (χ2n) is 4.23. The van der Waals surface area contributed by atoms with E-state index in [0.29, 0.717) is 13.1 Å². The van der Waals surface area contributed by atoms with Crippen molar-refractivity contribution in [3.05, 3.63) is 24.2 Å². The molecule has 1 unspecified atom stereocenters. The molecule has 0 saturated carbocycles. The molecule has 2 N–H and O–H groups in total. The van der Waals surface area contributed by atoms with E-state index in [2.05, 4.69) is 12.2 Å². The molecule has 1 amide bonds. The molecule has 0 aliphatic carbocycles. The number of nitrogens with zero attached hydrogens (tertiary/aromatic N) is 1. The molecule has 0 spiro atoms. The Bertz CT molecular complexity index is 332. The number of aliphatic hydroxyl groups excluding tert-OH is 1. The van der Waals surface area contributed by atoms with Crippen molar-refractivity contribution in [2.75, 3.05) is 19.7 Å². The smallest absolute Gasteiger partial charge is 0.237 e. The fraction of sp³-hybridized carbons (Fsp3) is 0.615. The Labute approximate surface area is 108 Å². The summed E-state index contributed by atoms with van der Waals surface area (Å²) in [5.41, 5.74) is 0. The minimum Gasteiger partial charge on any atom is -0.467 e. The van der Waals surface area contributed by atoms with Gasteiger partial charge in [0.05, 0.1) is 25.5 Å². The summed E-state index contributed by atoms with van der Waals surface area (Å²) in [6.07, 6.45) is 2.54. The number of hydrogen-bond acceptors (Lipinski definition) is 4. The number of carbonyl (C=O) groups is 1. The van der Waals surface area contributed by atoms with Crippen molar-refractivity contribution in [3.63, 3.8) is 0 Å². The van der Waals surface area contributed by atoms with E-state index in [4.69, 9.17) is 9.52 Å². The summed E-state index contributed by atoms with van der Waals surface area (Å²) in [6, 6.07) is 3.37. The van der Waals surface area contributed by atoms with Crippen molar-refractivity contribution in [3.8, 4) is 0 Å². The van der Waals surface area contributed by atoms with Gasteiger partial charge in [-0.2, -0.15) is 0 Å². The summed E-state index contributed by atoms with van der Waals surface area (Å²) in [4.78, 5) is 13.9. The molecule has 18 heavy (non-hydrogen) atoms. The quantitative estimate of drug-likeness (QED) is 0.726. The van der Waals surface area contributed by atoms with Crippen molar-refractivity contribution in [2.45, 2.75) is 32.9 Å². The number of aliphatic hydroxyl groups is 1. The third-order valence-corrected chi connectivity index (χ3v) is 2.84. The number of rotatable bonds is 8. The highest BCUT2D eigenvalue weighted by atomic mass is 16.3. The molecule has 1 aromatic rings. The zero-order chi connectivity index (χ0) is 13.4. The van der Waals surface area contributed by atoms with Crippen LogP contribution in [0.3, 0.4) is 0 Å². The highest BCUT2D eigenvalue weighted by molar-refractivity contribution is 5.81. The third kappa shape index (κ3) is 4.50. The summed E-state index contributed by atoms with van der Waals surface area (Å²) in [5.74, 6) is 0.688. The summed E-state index contributed by atoms with van der Waals surface area (Å²) < 4.78 is 5.15. The van der Waals surface area contributed by atoms with Gasteiger partial charge in [0.1, 0.15) is 5.76 Å². The van der Waals surface area contributed by atoms with Crippen LogP contribution in [0.1, 0.15) is 26.0 Å². The van der Waals surface area contributed by atoms with Crippen molar-refractivity contribution < 1.29 is 14.3 Å². The Morgan fingerprint density at radius 2 is 2.33 bits per heavy atom. The average molecular weight is 254 g/mol. The molecule has 0 aliphatic rings. The van der Waals surface area contributed by atoms with Crippen LogP contribution in [0.5, 0.6) is 0 Å². The molecule has 0 aromatic carbocycles. The molecule has 1 rings (SSSR count). The summed E-state index contributed by atoms with van der Waals surface area (Å²) in [5, 5.41) is 11.8. The molecule has 5 heteroatoms. The van der Waals surface area contributed by atoms with Gasteiger partial charge in [-0.25, -0.2) is 0 Å². The van der Waals surface area contributed by atoms with Gasteiger partial charge in [0.15, 0.2) is 0 Å². The van der Waals surface area contributed by atoms with Gasteiger partial charge < -0.3 is 14.8 Å². The van der Waals surface area contributed by atoms with E-state index >= 15 is 0 Å². The van der Waals surface area contributed by atoms with Crippen LogP contribution < -0.4 is 5.32 Å². The van der Waals surface area contributed by atoms with E-state index < -0.39 is 0 Å². The number of nitrogens with one attached hydrogen (secondary N) is 1. The lowest BCUT2D eigenvalue weighted by Gasteiger charge is -2.26. The van der Waals surface area contributed by atoms with E-state index in [9.17, 15) is 4.79 Å². The van der Waals surface area contributed by atoms with Crippen molar-refractivity contribution in [1.29, 1.82) is 0 Å². The van der Waals surface area contributed by atoms with Crippen molar-refractivity contribution >= 4 is 5.91 Å². The topological polar surface area (TPSA) is 65.7 Å². The van der Waals surface area contributed by atoms with Crippen LogP contribution in [-0.2, 0) is 11.3 Å². The maximum atomic E-state index is 12.0. The number of amides is 1. The van der Waals surface area contributed by atoms with Gasteiger partial charge in [-0.15, -0.1) is 0 Å². The van der Waals surface area contributed by atoms with Crippen molar-refractivity contribution in [2.24, 2.45) is 0 Å². The summed E-state index contributed by atoms with van der Waals surface area (Å²) in [7, 11) is 0. The maximum Gasteiger partial charge on any atom is 0.237 e. The molecule has 1 aromatic heterocycles. The molecule has 0 aliphatic heterocycles. The number of carbonyl (C=O) groups excluding carboxylic acids is 1. The Hall–Kier alpha value is -1.33. The number of hydrogen-bond donors (Lipinski definition) is 2. The van der Waals surface area contributed by atoms with Gasteiger partial charge in [-0.3, -0.25) is 9.69 Å². The lowest BCUT2D eigenvalue weighted by Crippen LogP contribution is -2.46. The standard InChI is InChI=1S/C13H22N2O3/c1-3-6-15(7-8-16)11(2)13(17)14-10-12-5-4-9-18-12/h4-5,9,11,16H,3,6-8,10H2,1-2H3,(H,14,17). The fourth-order valence-corrected chi connectivity index (χ4v) is 1.82. The lowest BCUT2D eigenvalue weighted by atomic mass is 10.2. The molecular formula is C13H22N2O3. The van der Waals surface area contributed by atoms with Crippen LogP contribution in [0, 0.1) is 0 Å². The largest absolute Gasteiger partial charge is 0.467 e. The second kappa shape index (κ2) is 7.89. The predicted molar refractivity (Wildman–Crippen MR) is 69.0 cm³/mol. The molecule has 0 radical (unpaired) electrons. The van der Waals surface area contributed by atoms with Crippen LogP contribution in [0.15, 0.2) is 22.8 Å². The first-order valence-electron chi connectivity index (χ1n) is 6.34. The van der Waals surface area contributed by atoms with E-state index in [1.165, 1.54) is 0 Å². The fourth-order valence-electron chi connectivity index (χ4n) is 1.82. The van der Waals surface area contributed by atoms with Crippen LogP contribution in [-0.4, -0.2) is 41.7 Å². The van der Waals surface area contributed by atoms with Gasteiger partial charge >= 0.3 is 0 Å². The highest BCUT2D eigenvalue weighted by Crippen LogP contribution is 2.03. The van der Waals surface area contributed by atoms with E-state index in [1.807, 2.05) is 17.9 Å². The first kappa shape index (κ1) is 14.7. The van der Waals surface area contributed by atoms with Crippen LogP contribution >= 0.6 is 0 Å². The first-order valence-corrected chi connectivity index (χ1v) is 6.34. The van der Waals surface area contributed by atoms with Gasteiger partial charge in [-0.1, -0.05) is 6.92 Å². The zero-order valence-electron chi connectivity index (χ0n) is 11.1. The maximum absolute atomic E-state index is 12.0. The first-order chi connectivity index (χ1) is 8.69. The molecule has 1 atom stereocenters. The summed E-state index contributed by atoms with van der Waals surface area (Å²) >= 11 is 0. The Balaban J connectivity index is 2.42. The zero-order valence-corrected chi connectivity index (χ0v) is 11.1. The number of furan rings is 1. The minimum atomic E-state index is -0.243. The normalized spacial score (nSPS) is 12.7. The van der Waals surface area contributed by atoms with E-state index in [0.717, 1.165) is 18.7 Å². The Morgan fingerprint density at radius 3 is 2.89 bits per heavy atom. The Morgan fingerprint density at radius 1 is 1.56 bits per heavy atom. The summed E-state index contributed by atoms with van der Waals surface area (Å²) in [6.45, 7) is 5.69. The Kier molecular flexibility index (Phi) is 6.46. The van der Waals surface area contributed by atoms with Crippen LogP contribution in [0.25, 0.3) is 0 Å². The molecule has 0 bridgehead atoms. The predicted octanol–water partition coefficient (Wildman–Crippen LogP) is 0.989. The molecule has 0 fully saturated rings. The molecule has 0 saturated heterocycles. The SMILES string of the molecule is CCCN(CCO)C(C)C(=O)NCc1ccco1. The van der Waals surface area contributed by atoms with Gasteiger partial charge in [0, 0.05) is 6.54 Å². The van der Waals surface area contributed by atoms with E-state index in [1.54, 1.807) is 12.3 Å². The lowest BCUT2D eigenvalue weighted by molar-refractivity contribution is -0.126. The second-order valence-corrected chi connectivity index (χ2v) is 4.23. The minimum absolute atomic E-state index is 0.0479. The van der Waals surface area contributed by atoms with Gasteiger partial charge in [0.25, 0.3) is 0 Å². The average Bonchev–Trinajstić information content (AvgIpc) is 2.88. The third-order valence-electron chi connectivity index (χ3n) is 2.84. The highest BCUT2D eigenvalue weighted by Gasteiger charge is 2.19. The van der Waals surface area contributed by atoms with Crippen LogP contribution in [0.2, 0.25) is 0 Å². The molecular weight excluding hydrogens is 232 g/mol. The van der Waals surface area contributed by atoms with Crippen molar-refractivity contribution in [1.82, 2.24) is 10.2 Å². The monoisotopic (exact) mass is 254 g/mol. The van der Waals surface area contributed by atoms with E-state index in [-0.39, 0.29) is 18.6 Å². The van der Waals surface area contributed by atoms with Crippen LogP contribution in [0.4, 0.5) is 0 Å². The molecule has 102 valence electrons. The molecule has 5 nitrogen and oxygen atoms in total. The van der Waals surface area contributed by atoms with Gasteiger partial charge in [-0.05, 0) is 32.0 Å².